The van der Waals surface area contributed by atoms with Crippen molar-refractivity contribution in [3.63, 3.8) is 0 Å². The fourth-order valence-corrected chi connectivity index (χ4v) is 2.72. The largest absolute Gasteiger partial charge is 0.457 e. The molecule has 0 aliphatic carbocycles. The van der Waals surface area contributed by atoms with Crippen LogP contribution < -0.4 is 5.32 Å². The van der Waals surface area contributed by atoms with Gasteiger partial charge in [-0.05, 0) is 41.8 Å². The maximum atomic E-state index is 12.2. The van der Waals surface area contributed by atoms with Gasteiger partial charge < -0.3 is 10.1 Å². The van der Waals surface area contributed by atoms with Gasteiger partial charge in [0.05, 0.1) is 5.56 Å². The van der Waals surface area contributed by atoms with Crippen molar-refractivity contribution < 1.29 is 9.53 Å². The number of rotatable bonds is 8. The Morgan fingerprint density at radius 1 is 0.769 bits per heavy atom. The molecule has 0 saturated heterocycles. The van der Waals surface area contributed by atoms with Crippen molar-refractivity contribution in [1.29, 1.82) is 0 Å². The highest BCUT2D eigenvalue weighted by atomic mass is 16.5. The number of carbonyl (C=O) groups is 1. The lowest BCUT2D eigenvalue weighted by molar-refractivity contribution is 0.0472. The van der Waals surface area contributed by atoms with E-state index in [0.29, 0.717) is 12.2 Å². The van der Waals surface area contributed by atoms with Gasteiger partial charge in [0.25, 0.3) is 0 Å². The second-order valence-electron chi connectivity index (χ2n) is 6.17. The Labute approximate surface area is 154 Å². The molecule has 0 unspecified atom stereocenters. The Balaban J connectivity index is 1.47. The van der Waals surface area contributed by atoms with Crippen LogP contribution in [0.1, 0.15) is 27.0 Å². The molecule has 1 N–H and O–H groups in total. The molecule has 132 valence electrons. The molecule has 3 aromatic rings. The molecule has 0 fully saturated rings. The lowest BCUT2D eigenvalue weighted by Gasteiger charge is -2.08. The molecular weight excluding hydrogens is 322 g/mol. The summed E-state index contributed by atoms with van der Waals surface area (Å²) in [7, 11) is 0. The summed E-state index contributed by atoms with van der Waals surface area (Å²) in [5, 5.41) is 3.43. The topological polar surface area (TPSA) is 38.3 Å². The van der Waals surface area contributed by atoms with Crippen LogP contribution in [-0.2, 0) is 24.3 Å². The first-order valence-corrected chi connectivity index (χ1v) is 8.86. The summed E-state index contributed by atoms with van der Waals surface area (Å²) in [4.78, 5) is 12.2. The van der Waals surface area contributed by atoms with E-state index >= 15 is 0 Å². The van der Waals surface area contributed by atoms with Crippen LogP contribution in [0.15, 0.2) is 84.9 Å². The Kier molecular flexibility index (Phi) is 6.57. The second kappa shape index (κ2) is 9.54. The van der Waals surface area contributed by atoms with Gasteiger partial charge in [-0.2, -0.15) is 0 Å². The van der Waals surface area contributed by atoms with E-state index in [1.165, 1.54) is 5.56 Å². The van der Waals surface area contributed by atoms with Gasteiger partial charge in [0.2, 0.25) is 0 Å². The predicted octanol–water partition coefficient (Wildman–Crippen LogP) is 4.38. The summed E-state index contributed by atoms with van der Waals surface area (Å²) in [6.07, 6.45) is 0.868. The minimum Gasteiger partial charge on any atom is -0.457 e. The Morgan fingerprint density at radius 3 is 2.15 bits per heavy atom. The van der Waals surface area contributed by atoms with Crippen LogP contribution >= 0.6 is 0 Å². The molecule has 3 nitrogen and oxygen atoms in total. The first kappa shape index (κ1) is 17.9. The van der Waals surface area contributed by atoms with Gasteiger partial charge in [0, 0.05) is 6.54 Å². The van der Waals surface area contributed by atoms with E-state index in [1.54, 1.807) is 6.07 Å². The van der Waals surface area contributed by atoms with Gasteiger partial charge in [-0.15, -0.1) is 0 Å². The zero-order chi connectivity index (χ0) is 18.0. The Bertz CT molecular complexity index is 816. The number of ether oxygens (including phenoxy) is 1. The molecule has 3 rings (SSSR count). The van der Waals surface area contributed by atoms with Gasteiger partial charge in [-0.3, -0.25) is 0 Å². The zero-order valence-corrected chi connectivity index (χ0v) is 14.7. The van der Waals surface area contributed by atoms with Crippen molar-refractivity contribution in [3.05, 3.63) is 107 Å². The van der Waals surface area contributed by atoms with Crippen LogP contribution in [0.25, 0.3) is 0 Å². The van der Waals surface area contributed by atoms with Crippen molar-refractivity contribution in [2.75, 3.05) is 6.54 Å². The standard InChI is InChI=1S/C23H23NO2/c25-23(26-18-21-10-5-2-6-11-21)22-13-7-12-19(16-22)14-15-24-17-20-8-3-1-4-9-20/h1-13,16,24H,14-15,17-18H2. The van der Waals surface area contributed by atoms with Crippen LogP contribution in [0.5, 0.6) is 0 Å². The van der Waals surface area contributed by atoms with E-state index in [0.717, 1.165) is 30.6 Å². The molecule has 0 aliphatic rings. The van der Waals surface area contributed by atoms with Crippen LogP contribution in [0, 0.1) is 0 Å². The van der Waals surface area contributed by atoms with E-state index in [2.05, 4.69) is 17.4 Å². The summed E-state index contributed by atoms with van der Waals surface area (Å²) in [5.74, 6) is -0.284. The molecule has 3 aromatic carbocycles. The van der Waals surface area contributed by atoms with Crippen molar-refractivity contribution in [2.45, 2.75) is 19.6 Å². The molecule has 26 heavy (non-hydrogen) atoms. The minimum atomic E-state index is -0.284. The predicted molar refractivity (Wildman–Crippen MR) is 104 cm³/mol. The van der Waals surface area contributed by atoms with Gasteiger partial charge in [0.1, 0.15) is 6.61 Å². The van der Waals surface area contributed by atoms with Crippen LogP contribution in [0.2, 0.25) is 0 Å². The van der Waals surface area contributed by atoms with E-state index in [1.807, 2.05) is 66.7 Å². The molecule has 0 aromatic heterocycles. The average molecular weight is 345 g/mol. The van der Waals surface area contributed by atoms with Crippen molar-refractivity contribution in [1.82, 2.24) is 5.32 Å². The third kappa shape index (κ3) is 5.57. The molecule has 0 radical (unpaired) electrons. The molecule has 0 aliphatic heterocycles. The van der Waals surface area contributed by atoms with Crippen LogP contribution in [0.3, 0.4) is 0 Å². The molecule has 0 atom stereocenters. The summed E-state index contributed by atoms with van der Waals surface area (Å²) >= 11 is 0. The molecule has 0 heterocycles. The lowest BCUT2D eigenvalue weighted by atomic mass is 10.1. The summed E-state index contributed by atoms with van der Waals surface area (Å²) in [5.41, 5.74) is 3.98. The fraction of sp³-hybridized carbons (Fsp3) is 0.174. The molecule has 0 spiro atoms. The quantitative estimate of drug-likeness (QED) is 0.486. The molecule has 0 amide bonds. The van der Waals surface area contributed by atoms with Crippen LogP contribution in [-0.4, -0.2) is 12.5 Å². The fourth-order valence-electron chi connectivity index (χ4n) is 2.72. The molecule has 0 saturated carbocycles. The molecular formula is C23H23NO2. The SMILES string of the molecule is O=C(OCc1ccccc1)c1cccc(CCNCc2ccccc2)c1. The van der Waals surface area contributed by atoms with Gasteiger partial charge in [-0.1, -0.05) is 72.8 Å². The van der Waals surface area contributed by atoms with E-state index in [4.69, 9.17) is 4.74 Å². The third-order valence-electron chi connectivity index (χ3n) is 4.14. The Hall–Kier alpha value is -2.91. The summed E-state index contributed by atoms with van der Waals surface area (Å²) in [6, 6.07) is 27.7. The first-order valence-electron chi connectivity index (χ1n) is 8.86. The lowest BCUT2D eigenvalue weighted by Crippen LogP contribution is -2.16. The minimum absolute atomic E-state index is 0.284. The zero-order valence-electron chi connectivity index (χ0n) is 14.7. The number of hydrogen-bond donors (Lipinski definition) is 1. The maximum Gasteiger partial charge on any atom is 0.338 e. The Morgan fingerprint density at radius 2 is 1.42 bits per heavy atom. The van der Waals surface area contributed by atoms with Gasteiger partial charge >= 0.3 is 5.97 Å². The number of carbonyl (C=O) groups excluding carboxylic acids is 1. The monoisotopic (exact) mass is 345 g/mol. The summed E-state index contributed by atoms with van der Waals surface area (Å²) in [6.45, 7) is 2.00. The van der Waals surface area contributed by atoms with Gasteiger partial charge in [0.15, 0.2) is 0 Å². The van der Waals surface area contributed by atoms with E-state index < -0.39 is 0 Å². The summed E-state index contributed by atoms with van der Waals surface area (Å²) < 4.78 is 5.40. The number of nitrogens with one attached hydrogen (secondary N) is 1. The molecule has 3 heteroatoms. The van der Waals surface area contributed by atoms with Gasteiger partial charge in [-0.25, -0.2) is 4.79 Å². The highest BCUT2D eigenvalue weighted by Crippen LogP contribution is 2.10. The normalized spacial score (nSPS) is 10.5. The second-order valence-corrected chi connectivity index (χ2v) is 6.17. The maximum absolute atomic E-state index is 12.2. The molecule has 0 bridgehead atoms. The van der Waals surface area contributed by atoms with Crippen LogP contribution in [0.4, 0.5) is 0 Å². The van der Waals surface area contributed by atoms with E-state index in [-0.39, 0.29) is 5.97 Å². The number of esters is 1. The number of benzene rings is 3. The average Bonchev–Trinajstić information content (AvgIpc) is 2.71. The van der Waals surface area contributed by atoms with Crippen molar-refractivity contribution >= 4 is 5.97 Å². The number of hydrogen-bond acceptors (Lipinski definition) is 3. The highest BCUT2D eigenvalue weighted by Gasteiger charge is 2.08. The first-order chi connectivity index (χ1) is 12.8. The third-order valence-corrected chi connectivity index (χ3v) is 4.14. The highest BCUT2D eigenvalue weighted by molar-refractivity contribution is 5.89. The van der Waals surface area contributed by atoms with Crippen molar-refractivity contribution in [2.24, 2.45) is 0 Å². The smallest absolute Gasteiger partial charge is 0.338 e. The van der Waals surface area contributed by atoms with Crippen molar-refractivity contribution in [3.8, 4) is 0 Å². The van der Waals surface area contributed by atoms with E-state index in [9.17, 15) is 4.79 Å².